The first-order chi connectivity index (χ1) is 13.6. The molecule has 0 unspecified atom stereocenters. The number of benzene rings is 2. The first-order valence-electron chi connectivity index (χ1n) is 8.40. The van der Waals surface area contributed by atoms with E-state index in [0.717, 1.165) is 11.7 Å². The van der Waals surface area contributed by atoms with Crippen molar-refractivity contribution < 1.29 is 48.6 Å². The van der Waals surface area contributed by atoms with E-state index in [1.54, 1.807) is 22.9 Å². The summed E-state index contributed by atoms with van der Waals surface area (Å²) in [4.78, 5) is 19.6. The molecule has 9 heteroatoms. The largest absolute Gasteiger partial charge is 1.00 e. The van der Waals surface area contributed by atoms with Crippen LogP contribution in [0.25, 0.3) is 22.4 Å². The Labute approximate surface area is 187 Å². The molecule has 4 aromatic rings. The van der Waals surface area contributed by atoms with Gasteiger partial charge in [-0.1, -0.05) is 36.4 Å². The van der Waals surface area contributed by atoms with E-state index < -0.39 is 11.8 Å². The number of halogens is 1. The number of carbonyl (C=O) groups excluding carboxylic acids is 1. The van der Waals surface area contributed by atoms with Crippen LogP contribution in [-0.2, 0) is 11.3 Å². The summed E-state index contributed by atoms with van der Waals surface area (Å²) in [6.45, 7) is 0.206. The van der Waals surface area contributed by atoms with Crippen LogP contribution >= 0.6 is 0 Å². The molecular formula is C20H14FN4NaO3. The minimum atomic E-state index is -0.800. The van der Waals surface area contributed by atoms with Crippen LogP contribution in [0.2, 0.25) is 0 Å². The van der Waals surface area contributed by atoms with Gasteiger partial charge >= 0.3 is 35.5 Å². The van der Waals surface area contributed by atoms with Gasteiger partial charge in [0, 0.05) is 23.0 Å². The van der Waals surface area contributed by atoms with Crippen molar-refractivity contribution in [1.29, 1.82) is 0 Å². The van der Waals surface area contributed by atoms with Gasteiger partial charge in [-0.05, 0) is 12.1 Å². The van der Waals surface area contributed by atoms with Crippen LogP contribution in [0.4, 0.5) is 4.39 Å². The number of carbonyl (C=O) groups is 1. The number of ether oxygens (including phenoxy) is 1. The number of fused-ring (bicyclic) bond motifs is 1. The second-order valence-electron chi connectivity index (χ2n) is 6.02. The zero-order chi connectivity index (χ0) is 19.7. The Hall–Kier alpha value is -2.81. The Morgan fingerprint density at radius 2 is 1.90 bits per heavy atom. The number of nitrogens with zero attached hydrogens (tertiary/aromatic N) is 4. The summed E-state index contributed by atoms with van der Waals surface area (Å²) in [6.07, 6.45) is 1.13. The molecule has 2 aromatic heterocycles. The van der Waals surface area contributed by atoms with Gasteiger partial charge < -0.3 is 9.84 Å². The van der Waals surface area contributed by atoms with E-state index >= 15 is 0 Å². The molecule has 4 rings (SSSR count). The second-order valence-corrected chi connectivity index (χ2v) is 6.02. The molecule has 140 valence electrons. The van der Waals surface area contributed by atoms with Crippen LogP contribution in [0, 0.1) is 5.82 Å². The van der Waals surface area contributed by atoms with Crippen molar-refractivity contribution in [3.8, 4) is 17.4 Å². The van der Waals surface area contributed by atoms with Gasteiger partial charge in [0.15, 0.2) is 5.82 Å². The van der Waals surface area contributed by atoms with Crippen molar-refractivity contribution in [1.82, 2.24) is 19.7 Å². The van der Waals surface area contributed by atoms with Gasteiger partial charge in [-0.25, -0.2) is 19.2 Å². The Balaban J connectivity index is 0.00000240. The molecule has 7 nitrogen and oxygen atoms in total. The normalized spacial score (nSPS) is 10.6. The van der Waals surface area contributed by atoms with Crippen molar-refractivity contribution >= 4 is 16.9 Å². The van der Waals surface area contributed by atoms with Crippen molar-refractivity contribution in [2.75, 3.05) is 7.11 Å². The monoisotopic (exact) mass is 400 g/mol. The van der Waals surface area contributed by atoms with E-state index in [1.165, 1.54) is 13.2 Å². The summed E-state index contributed by atoms with van der Waals surface area (Å²) in [5.74, 6) is -1.79. The summed E-state index contributed by atoms with van der Waals surface area (Å²) < 4.78 is 20.2. The molecule has 0 spiro atoms. The molecule has 0 aliphatic rings. The van der Waals surface area contributed by atoms with Crippen LogP contribution in [0.5, 0.6) is 5.88 Å². The Morgan fingerprint density at radius 3 is 2.62 bits per heavy atom. The molecule has 0 atom stereocenters. The summed E-state index contributed by atoms with van der Waals surface area (Å²) in [5, 5.41) is 17.4. The summed E-state index contributed by atoms with van der Waals surface area (Å²) in [7, 11) is 1.17. The molecule has 0 saturated heterocycles. The van der Waals surface area contributed by atoms with E-state index in [-0.39, 0.29) is 53.3 Å². The maximum absolute atomic E-state index is 14.1. The minimum Gasteiger partial charge on any atom is -0.858 e. The number of hydrogen-bond donors (Lipinski definition) is 0. The zero-order valence-electron chi connectivity index (χ0n) is 15.8. The molecule has 29 heavy (non-hydrogen) atoms. The topological polar surface area (TPSA) is 93.0 Å². The number of esters is 1. The van der Waals surface area contributed by atoms with Gasteiger partial charge in [-0.15, -0.1) is 0 Å². The van der Waals surface area contributed by atoms with Gasteiger partial charge in [0.2, 0.25) is 0 Å². The Kier molecular flexibility index (Phi) is 6.26. The predicted octanol–water partition coefficient (Wildman–Crippen LogP) is -0.455. The summed E-state index contributed by atoms with van der Waals surface area (Å²) >= 11 is 0. The fourth-order valence-corrected chi connectivity index (χ4v) is 2.93. The summed E-state index contributed by atoms with van der Waals surface area (Å²) in [6, 6.07) is 13.8. The van der Waals surface area contributed by atoms with Crippen LogP contribution in [0.1, 0.15) is 15.9 Å². The molecule has 0 N–H and O–H groups in total. The molecular weight excluding hydrogens is 386 g/mol. The molecule has 0 bridgehead atoms. The molecule has 0 saturated carbocycles. The average molecular weight is 400 g/mol. The SMILES string of the molecule is COC(=O)c1cnc(-c2nn(Cc3ccccc3F)c3ccccc23)nc1[O-].[Na+]. The molecule has 0 fully saturated rings. The molecule has 2 heterocycles. The number of aromatic nitrogens is 4. The van der Waals surface area contributed by atoms with Crippen molar-refractivity contribution in [3.63, 3.8) is 0 Å². The second kappa shape index (κ2) is 8.69. The number of methoxy groups -OCH3 is 1. The van der Waals surface area contributed by atoms with Crippen molar-refractivity contribution in [2.24, 2.45) is 0 Å². The van der Waals surface area contributed by atoms with Crippen LogP contribution < -0.4 is 34.7 Å². The van der Waals surface area contributed by atoms with Gasteiger partial charge in [0.25, 0.3) is 0 Å². The maximum Gasteiger partial charge on any atom is 1.00 e. The Bertz CT molecular complexity index is 1200. The van der Waals surface area contributed by atoms with E-state index in [1.807, 2.05) is 24.3 Å². The van der Waals surface area contributed by atoms with E-state index in [9.17, 15) is 14.3 Å². The predicted molar refractivity (Wildman–Crippen MR) is 97.0 cm³/mol. The van der Waals surface area contributed by atoms with Gasteiger partial charge in [-0.2, -0.15) is 5.10 Å². The first kappa shape index (κ1) is 20.9. The number of para-hydroxylation sites is 1. The number of hydrogen-bond acceptors (Lipinski definition) is 6. The molecule has 0 aliphatic carbocycles. The third-order valence-electron chi connectivity index (χ3n) is 4.31. The van der Waals surface area contributed by atoms with Crippen LogP contribution in [-0.4, -0.2) is 32.8 Å². The summed E-state index contributed by atoms with van der Waals surface area (Å²) in [5.41, 5.74) is 1.35. The van der Waals surface area contributed by atoms with E-state index in [0.29, 0.717) is 16.6 Å². The van der Waals surface area contributed by atoms with Crippen LogP contribution in [0.3, 0.4) is 0 Å². The minimum absolute atomic E-state index is 0. The quantitative estimate of drug-likeness (QED) is 0.340. The van der Waals surface area contributed by atoms with E-state index in [4.69, 9.17) is 0 Å². The third kappa shape index (κ3) is 4.00. The Morgan fingerprint density at radius 1 is 1.17 bits per heavy atom. The van der Waals surface area contributed by atoms with Gasteiger partial charge in [0.1, 0.15) is 11.5 Å². The van der Waals surface area contributed by atoms with Crippen LogP contribution in [0.15, 0.2) is 54.7 Å². The standard InChI is InChI=1S/C20H15FN4O3.Na/c1-28-20(27)14-10-22-18(23-19(14)26)17-13-7-3-5-9-16(13)25(24-17)11-12-6-2-4-8-15(12)21;/h2-10H,11H2,1H3,(H,22,23,26);/q;+1/p-1. The third-order valence-corrected chi connectivity index (χ3v) is 4.31. The first-order valence-corrected chi connectivity index (χ1v) is 8.40. The molecule has 0 aliphatic heterocycles. The maximum atomic E-state index is 14.1. The molecule has 2 aromatic carbocycles. The van der Waals surface area contributed by atoms with Crippen molar-refractivity contribution in [3.05, 3.63) is 71.7 Å². The zero-order valence-corrected chi connectivity index (χ0v) is 17.8. The van der Waals surface area contributed by atoms with Crippen molar-refractivity contribution in [2.45, 2.75) is 6.54 Å². The van der Waals surface area contributed by atoms with E-state index in [2.05, 4.69) is 19.8 Å². The molecule has 0 amide bonds. The average Bonchev–Trinajstić information content (AvgIpc) is 3.08. The number of rotatable bonds is 4. The molecule has 0 radical (unpaired) electrons. The van der Waals surface area contributed by atoms with Gasteiger partial charge in [-0.3, -0.25) is 4.68 Å². The smallest absolute Gasteiger partial charge is 0.858 e. The van der Waals surface area contributed by atoms with Gasteiger partial charge in [0.05, 0.1) is 24.7 Å². The fraction of sp³-hybridized carbons (Fsp3) is 0.100. The fourth-order valence-electron chi connectivity index (χ4n) is 2.93.